The zero-order valence-electron chi connectivity index (χ0n) is 14.2. The van der Waals surface area contributed by atoms with Crippen molar-refractivity contribution in [3.8, 4) is 11.8 Å². The van der Waals surface area contributed by atoms with E-state index < -0.39 is 6.09 Å². The van der Waals surface area contributed by atoms with E-state index in [0.29, 0.717) is 25.9 Å². The Bertz CT molecular complexity index is 850. The van der Waals surface area contributed by atoms with Crippen molar-refractivity contribution in [1.29, 1.82) is 0 Å². The molecule has 4 heteroatoms. The molecular weight excluding hydrogens is 312 g/mol. The first kappa shape index (κ1) is 16.8. The van der Waals surface area contributed by atoms with Crippen molar-refractivity contribution in [3.63, 3.8) is 0 Å². The number of allylic oxidation sites excluding steroid dienone is 1. The summed E-state index contributed by atoms with van der Waals surface area (Å²) in [5, 5.41) is 9.13. The van der Waals surface area contributed by atoms with Gasteiger partial charge in [-0.2, -0.15) is 0 Å². The molecule has 1 aliphatic rings. The fourth-order valence-corrected chi connectivity index (χ4v) is 2.93. The molecule has 2 heterocycles. The molecule has 0 spiro atoms. The average Bonchev–Trinajstić information content (AvgIpc) is 2.63. The summed E-state index contributed by atoms with van der Waals surface area (Å²) < 4.78 is 0. The van der Waals surface area contributed by atoms with Crippen LogP contribution in [0.5, 0.6) is 0 Å². The molecule has 1 aromatic heterocycles. The average molecular weight is 332 g/mol. The summed E-state index contributed by atoms with van der Waals surface area (Å²) in [6.45, 7) is 2.99. The van der Waals surface area contributed by atoms with Crippen LogP contribution >= 0.6 is 0 Å². The maximum absolute atomic E-state index is 11.1. The van der Waals surface area contributed by atoms with Crippen LogP contribution in [0.25, 0.3) is 5.57 Å². The molecule has 2 aromatic rings. The second-order valence-corrected chi connectivity index (χ2v) is 6.03. The Morgan fingerprint density at radius 2 is 1.80 bits per heavy atom. The zero-order chi connectivity index (χ0) is 17.6. The van der Waals surface area contributed by atoms with Gasteiger partial charge < -0.3 is 10.0 Å². The molecule has 1 saturated heterocycles. The Morgan fingerprint density at radius 3 is 2.44 bits per heavy atom. The van der Waals surface area contributed by atoms with Gasteiger partial charge in [0, 0.05) is 24.4 Å². The highest BCUT2D eigenvalue weighted by Gasteiger charge is 2.20. The van der Waals surface area contributed by atoms with Gasteiger partial charge in [0.25, 0.3) is 0 Å². The largest absolute Gasteiger partial charge is 0.465 e. The van der Waals surface area contributed by atoms with Crippen LogP contribution in [0.2, 0.25) is 0 Å². The lowest BCUT2D eigenvalue weighted by atomic mass is 9.93. The van der Waals surface area contributed by atoms with Crippen molar-refractivity contribution >= 4 is 11.7 Å². The summed E-state index contributed by atoms with van der Waals surface area (Å²) in [6, 6.07) is 15.9. The van der Waals surface area contributed by atoms with E-state index in [0.717, 1.165) is 22.5 Å². The van der Waals surface area contributed by atoms with E-state index in [1.165, 1.54) is 10.5 Å². The lowest BCUT2D eigenvalue weighted by Crippen LogP contribution is -2.35. The number of likely N-dealkylation sites (tertiary alicyclic amines) is 1. The minimum Gasteiger partial charge on any atom is -0.465 e. The van der Waals surface area contributed by atoms with E-state index >= 15 is 0 Å². The Kier molecular flexibility index (Phi) is 5.15. The van der Waals surface area contributed by atoms with E-state index in [4.69, 9.17) is 5.11 Å². The normalized spacial score (nSPS) is 13.8. The third kappa shape index (κ3) is 4.27. The topological polar surface area (TPSA) is 53.4 Å². The number of aryl methyl sites for hydroxylation is 1. The number of carboxylic acid groups (broad SMARTS) is 1. The van der Waals surface area contributed by atoms with Crippen LogP contribution in [0.4, 0.5) is 4.79 Å². The van der Waals surface area contributed by atoms with Gasteiger partial charge in [-0.25, -0.2) is 9.78 Å². The van der Waals surface area contributed by atoms with Crippen molar-refractivity contribution in [2.24, 2.45) is 0 Å². The number of carbonyl (C=O) groups is 1. The number of aromatic nitrogens is 1. The zero-order valence-corrected chi connectivity index (χ0v) is 14.2. The van der Waals surface area contributed by atoms with Gasteiger partial charge in [-0.15, -0.1) is 0 Å². The van der Waals surface area contributed by atoms with Gasteiger partial charge in [0.15, 0.2) is 0 Å². The molecule has 0 saturated carbocycles. The molecule has 0 unspecified atom stereocenters. The first-order chi connectivity index (χ1) is 12.1. The number of pyridine rings is 1. The number of rotatable bonds is 1. The molecule has 1 aromatic carbocycles. The van der Waals surface area contributed by atoms with Crippen LogP contribution < -0.4 is 0 Å². The SMILES string of the molecule is Cc1cccc(C#CC(=C2CCN(C(=O)O)CC2)c2ccccc2)n1. The van der Waals surface area contributed by atoms with Gasteiger partial charge >= 0.3 is 6.09 Å². The molecule has 3 rings (SSSR count). The van der Waals surface area contributed by atoms with Crippen molar-refractivity contribution in [1.82, 2.24) is 9.88 Å². The summed E-state index contributed by atoms with van der Waals surface area (Å²) in [4.78, 5) is 17.0. The molecular formula is C21H20N2O2. The van der Waals surface area contributed by atoms with Gasteiger partial charge in [0.1, 0.15) is 5.69 Å². The summed E-state index contributed by atoms with van der Waals surface area (Å²) >= 11 is 0. The standard InChI is InChI=1S/C21H20N2O2/c1-16-6-5-9-19(22-16)10-11-20(17-7-3-2-4-8-17)18-12-14-23(15-13-18)21(24)25/h2-9H,12-15H2,1H3,(H,24,25). The summed E-state index contributed by atoms with van der Waals surface area (Å²) in [7, 11) is 0. The molecule has 0 aliphatic carbocycles. The lowest BCUT2D eigenvalue weighted by molar-refractivity contribution is 0.142. The maximum Gasteiger partial charge on any atom is 0.407 e. The van der Waals surface area contributed by atoms with Gasteiger partial charge in [0.2, 0.25) is 0 Å². The fraction of sp³-hybridized carbons (Fsp3) is 0.238. The smallest absolute Gasteiger partial charge is 0.407 e. The summed E-state index contributed by atoms with van der Waals surface area (Å²) in [6.07, 6.45) is 0.578. The number of amides is 1. The highest BCUT2D eigenvalue weighted by Crippen LogP contribution is 2.26. The van der Waals surface area contributed by atoms with Crippen LogP contribution in [0.3, 0.4) is 0 Å². The van der Waals surface area contributed by atoms with Crippen LogP contribution in [0, 0.1) is 18.8 Å². The van der Waals surface area contributed by atoms with Crippen LogP contribution in [0.1, 0.15) is 29.8 Å². The third-order valence-corrected chi connectivity index (χ3v) is 4.26. The van der Waals surface area contributed by atoms with E-state index in [1.54, 1.807) is 0 Å². The minimum atomic E-state index is -0.852. The Balaban J connectivity index is 1.95. The molecule has 25 heavy (non-hydrogen) atoms. The fourth-order valence-electron chi connectivity index (χ4n) is 2.93. The van der Waals surface area contributed by atoms with E-state index in [1.807, 2.05) is 55.5 Å². The number of hydrogen-bond acceptors (Lipinski definition) is 2. The maximum atomic E-state index is 11.1. The second kappa shape index (κ2) is 7.67. The van der Waals surface area contributed by atoms with Crippen molar-refractivity contribution in [2.45, 2.75) is 19.8 Å². The predicted octanol–water partition coefficient (Wildman–Crippen LogP) is 3.97. The highest BCUT2D eigenvalue weighted by molar-refractivity contribution is 5.82. The molecule has 0 atom stereocenters. The monoisotopic (exact) mass is 332 g/mol. The van der Waals surface area contributed by atoms with Crippen LogP contribution in [-0.2, 0) is 0 Å². The Labute approximate surface area is 147 Å². The Morgan fingerprint density at radius 1 is 1.08 bits per heavy atom. The molecule has 0 radical (unpaired) electrons. The third-order valence-electron chi connectivity index (χ3n) is 4.26. The van der Waals surface area contributed by atoms with Crippen molar-refractivity contribution in [3.05, 3.63) is 71.1 Å². The predicted molar refractivity (Wildman–Crippen MR) is 98.0 cm³/mol. The van der Waals surface area contributed by atoms with Crippen LogP contribution in [0.15, 0.2) is 54.1 Å². The molecule has 1 N–H and O–H groups in total. The molecule has 4 nitrogen and oxygen atoms in total. The number of piperidine rings is 1. The van der Waals surface area contributed by atoms with E-state index in [2.05, 4.69) is 16.8 Å². The highest BCUT2D eigenvalue weighted by atomic mass is 16.4. The Hall–Kier alpha value is -3.06. The quantitative estimate of drug-likeness (QED) is 0.804. The van der Waals surface area contributed by atoms with E-state index in [-0.39, 0.29) is 0 Å². The van der Waals surface area contributed by atoms with Gasteiger partial charge in [-0.3, -0.25) is 0 Å². The van der Waals surface area contributed by atoms with Gasteiger partial charge in [-0.05, 0) is 43.4 Å². The number of benzene rings is 1. The summed E-state index contributed by atoms with van der Waals surface area (Å²) in [5.74, 6) is 6.46. The molecule has 1 aliphatic heterocycles. The minimum absolute atomic E-state index is 0.519. The van der Waals surface area contributed by atoms with Crippen molar-refractivity contribution < 1.29 is 9.90 Å². The number of nitrogens with zero attached hydrogens (tertiary/aromatic N) is 2. The van der Waals surface area contributed by atoms with Crippen LogP contribution in [-0.4, -0.2) is 34.2 Å². The first-order valence-corrected chi connectivity index (χ1v) is 8.34. The second-order valence-electron chi connectivity index (χ2n) is 6.03. The summed E-state index contributed by atoms with van der Waals surface area (Å²) in [5.41, 5.74) is 4.96. The van der Waals surface area contributed by atoms with Gasteiger partial charge in [-0.1, -0.05) is 47.9 Å². The first-order valence-electron chi connectivity index (χ1n) is 8.34. The van der Waals surface area contributed by atoms with Gasteiger partial charge in [0.05, 0.1) is 0 Å². The van der Waals surface area contributed by atoms with Crippen molar-refractivity contribution in [2.75, 3.05) is 13.1 Å². The van der Waals surface area contributed by atoms with E-state index in [9.17, 15) is 4.79 Å². The molecule has 1 amide bonds. The molecule has 126 valence electrons. The molecule has 0 bridgehead atoms. The number of hydrogen-bond donors (Lipinski definition) is 1. The lowest BCUT2D eigenvalue weighted by Gasteiger charge is -2.26. The molecule has 1 fully saturated rings.